The lowest BCUT2D eigenvalue weighted by Gasteiger charge is -2.04. The molecule has 124 valence electrons. The molecule has 0 spiro atoms. The molecule has 2 N–H and O–H groups in total. The van der Waals surface area contributed by atoms with Gasteiger partial charge in [-0.3, -0.25) is 14.4 Å². The number of nitrogens with one attached hydrogen (secondary N) is 2. The molecule has 0 atom stereocenters. The summed E-state index contributed by atoms with van der Waals surface area (Å²) in [7, 11) is 1.24. The highest BCUT2D eigenvalue weighted by atomic mass is 32.2. The van der Waals surface area contributed by atoms with E-state index in [4.69, 9.17) is 12.2 Å². The fourth-order valence-corrected chi connectivity index (χ4v) is 3.75. The molecule has 0 aromatic carbocycles. The average Bonchev–Trinajstić information content (AvgIpc) is 2.86. The molecule has 0 saturated heterocycles. The standard InChI is InChI=1S/C12H14N4O4S3/c1-3-16-9-8(23-12(16)21)10(19)15-11(14-9)22-5-6(17)13-4-7(18)20-2/h3-5H2,1-2H3,(H,13,17)(H,14,15,19). The van der Waals surface area contributed by atoms with E-state index in [-0.39, 0.29) is 23.8 Å². The molecule has 2 aromatic rings. The molecular weight excluding hydrogens is 360 g/mol. The minimum absolute atomic E-state index is 0.0163. The Morgan fingerprint density at radius 1 is 1.52 bits per heavy atom. The van der Waals surface area contributed by atoms with Crippen LogP contribution in [0.4, 0.5) is 0 Å². The van der Waals surface area contributed by atoms with Crippen LogP contribution in [0.15, 0.2) is 9.95 Å². The van der Waals surface area contributed by atoms with E-state index >= 15 is 0 Å². The van der Waals surface area contributed by atoms with Gasteiger partial charge in [0.15, 0.2) is 14.8 Å². The highest BCUT2D eigenvalue weighted by molar-refractivity contribution is 7.99. The Hall–Kier alpha value is -1.72. The molecule has 0 radical (unpaired) electrons. The number of carbonyl (C=O) groups is 2. The Bertz CT molecular complexity index is 854. The van der Waals surface area contributed by atoms with Crippen LogP contribution < -0.4 is 10.9 Å². The number of carbonyl (C=O) groups excluding carboxylic acids is 2. The maximum atomic E-state index is 12.1. The first-order chi connectivity index (χ1) is 11.0. The monoisotopic (exact) mass is 374 g/mol. The molecule has 2 aromatic heterocycles. The number of amides is 1. The number of methoxy groups -OCH3 is 1. The third kappa shape index (κ3) is 4.18. The second-order valence-corrected chi connectivity index (χ2v) is 6.89. The van der Waals surface area contributed by atoms with Crippen LogP contribution in [0.5, 0.6) is 0 Å². The second-order valence-electron chi connectivity index (χ2n) is 4.28. The highest BCUT2D eigenvalue weighted by Crippen LogP contribution is 2.20. The van der Waals surface area contributed by atoms with Crippen molar-refractivity contribution in [3.05, 3.63) is 14.3 Å². The molecule has 0 aliphatic carbocycles. The average molecular weight is 374 g/mol. The van der Waals surface area contributed by atoms with E-state index < -0.39 is 5.97 Å². The summed E-state index contributed by atoms with van der Waals surface area (Å²) in [6.07, 6.45) is 0. The van der Waals surface area contributed by atoms with Gasteiger partial charge in [-0.05, 0) is 19.1 Å². The number of aromatic nitrogens is 3. The maximum Gasteiger partial charge on any atom is 0.325 e. The van der Waals surface area contributed by atoms with Gasteiger partial charge in [-0.25, -0.2) is 4.98 Å². The molecule has 0 saturated carbocycles. The van der Waals surface area contributed by atoms with E-state index in [0.29, 0.717) is 26.0 Å². The zero-order valence-electron chi connectivity index (χ0n) is 12.4. The number of H-pyrrole nitrogens is 1. The van der Waals surface area contributed by atoms with Crippen LogP contribution in [0.3, 0.4) is 0 Å². The molecule has 1 amide bonds. The lowest BCUT2D eigenvalue weighted by atomic mass is 10.6. The Kier molecular flexibility index (Phi) is 5.91. The van der Waals surface area contributed by atoms with E-state index in [1.807, 2.05) is 6.92 Å². The number of thioether (sulfide) groups is 1. The maximum absolute atomic E-state index is 12.1. The third-order valence-electron chi connectivity index (χ3n) is 2.82. The van der Waals surface area contributed by atoms with Gasteiger partial charge in [0.05, 0.1) is 12.9 Å². The number of aromatic amines is 1. The second kappa shape index (κ2) is 7.70. The number of fused-ring (bicyclic) bond motifs is 1. The molecule has 0 aliphatic heterocycles. The van der Waals surface area contributed by atoms with Crippen molar-refractivity contribution in [2.45, 2.75) is 18.6 Å². The summed E-state index contributed by atoms with van der Waals surface area (Å²) in [5.74, 6) is -0.875. The smallest absolute Gasteiger partial charge is 0.325 e. The van der Waals surface area contributed by atoms with Crippen molar-refractivity contribution in [1.29, 1.82) is 0 Å². The van der Waals surface area contributed by atoms with E-state index in [2.05, 4.69) is 20.0 Å². The molecule has 0 aliphatic rings. The Labute approximate surface area is 144 Å². The lowest BCUT2D eigenvalue weighted by molar-refractivity contribution is -0.140. The molecule has 0 fully saturated rings. The number of hydrogen-bond acceptors (Lipinski definition) is 8. The largest absolute Gasteiger partial charge is 0.468 e. The van der Waals surface area contributed by atoms with Crippen LogP contribution in [0.1, 0.15) is 6.92 Å². The first kappa shape index (κ1) is 17.6. The third-order valence-corrected chi connectivity index (χ3v) is 5.13. The van der Waals surface area contributed by atoms with E-state index in [1.165, 1.54) is 18.4 Å². The number of ether oxygens (including phenoxy) is 1. The molecule has 8 nitrogen and oxygen atoms in total. The quantitative estimate of drug-likeness (QED) is 0.335. The van der Waals surface area contributed by atoms with Gasteiger partial charge in [-0.1, -0.05) is 23.1 Å². The molecule has 11 heteroatoms. The summed E-state index contributed by atoms with van der Waals surface area (Å²) in [6, 6.07) is 0. The zero-order chi connectivity index (χ0) is 17.0. The van der Waals surface area contributed by atoms with Gasteiger partial charge in [0.2, 0.25) is 5.91 Å². The van der Waals surface area contributed by atoms with Crippen LogP contribution in [0.2, 0.25) is 0 Å². The lowest BCUT2D eigenvalue weighted by Crippen LogP contribution is -2.31. The topological polar surface area (TPSA) is 106 Å². The van der Waals surface area contributed by atoms with Crippen LogP contribution >= 0.6 is 35.3 Å². The molecule has 2 heterocycles. The minimum Gasteiger partial charge on any atom is -0.468 e. The van der Waals surface area contributed by atoms with Crippen LogP contribution in [-0.2, 0) is 20.9 Å². The molecule has 0 unspecified atom stereocenters. The predicted molar refractivity (Wildman–Crippen MR) is 90.5 cm³/mol. The minimum atomic E-state index is -0.531. The van der Waals surface area contributed by atoms with Crippen molar-refractivity contribution in [3.8, 4) is 0 Å². The number of hydrogen-bond donors (Lipinski definition) is 2. The fourth-order valence-electron chi connectivity index (χ4n) is 1.71. The van der Waals surface area contributed by atoms with Gasteiger partial charge < -0.3 is 19.6 Å². The van der Waals surface area contributed by atoms with Gasteiger partial charge in [0, 0.05) is 6.54 Å². The Balaban J connectivity index is 2.12. The van der Waals surface area contributed by atoms with Crippen molar-refractivity contribution >= 4 is 57.5 Å². The fraction of sp³-hybridized carbons (Fsp3) is 0.417. The number of aryl methyl sites for hydroxylation is 1. The van der Waals surface area contributed by atoms with Crippen molar-refractivity contribution in [3.63, 3.8) is 0 Å². The summed E-state index contributed by atoms with van der Waals surface area (Å²) >= 11 is 7.49. The van der Waals surface area contributed by atoms with Gasteiger partial charge in [0.25, 0.3) is 5.56 Å². The summed E-state index contributed by atoms with van der Waals surface area (Å²) in [5, 5.41) is 2.73. The molecule has 23 heavy (non-hydrogen) atoms. The van der Waals surface area contributed by atoms with Gasteiger partial charge in [-0.2, -0.15) is 0 Å². The Morgan fingerprint density at radius 3 is 2.91 bits per heavy atom. The van der Waals surface area contributed by atoms with Crippen LogP contribution in [-0.4, -0.2) is 45.8 Å². The first-order valence-corrected chi connectivity index (χ1v) is 8.77. The van der Waals surface area contributed by atoms with Crippen molar-refractivity contribution in [2.75, 3.05) is 19.4 Å². The highest BCUT2D eigenvalue weighted by Gasteiger charge is 2.13. The van der Waals surface area contributed by atoms with E-state index in [0.717, 1.165) is 11.8 Å². The molecular formula is C12H14N4O4S3. The number of nitrogens with zero attached hydrogens (tertiary/aromatic N) is 2. The summed E-state index contributed by atoms with van der Waals surface area (Å²) in [4.78, 5) is 41.6. The summed E-state index contributed by atoms with van der Waals surface area (Å²) < 4.78 is 7.24. The van der Waals surface area contributed by atoms with E-state index in [1.54, 1.807) is 4.57 Å². The number of rotatable bonds is 6. The molecule has 2 rings (SSSR count). The zero-order valence-corrected chi connectivity index (χ0v) is 14.8. The van der Waals surface area contributed by atoms with Crippen molar-refractivity contribution < 1.29 is 14.3 Å². The van der Waals surface area contributed by atoms with Gasteiger partial charge in [0.1, 0.15) is 11.2 Å². The summed E-state index contributed by atoms with van der Waals surface area (Å²) in [5.41, 5.74) is 0.236. The number of esters is 1. The Morgan fingerprint density at radius 2 is 2.26 bits per heavy atom. The van der Waals surface area contributed by atoms with Gasteiger partial charge >= 0.3 is 5.97 Å². The van der Waals surface area contributed by atoms with Crippen molar-refractivity contribution in [1.82, 2.24) is 19.9 Å². The molecule has 0 bridgehead atoms. The SMILES string of the molecule is CCn1c(=S)sc2c(=O)[nH]c(SCC(=O)NCC(=O)OC)nc21. The van der Waals surface area contributed by atoms with Crippen molar-refractivity contribution in [2.24, 2.45) is 0 Å². The summed E-state index contributed by atoms with van der Waals surface area (Å²) in [6.45, 7) is 2.33. The van der Waals surface area contributed by atoms with E-state index in [9.17, 15) is 14.4 Å². The predicted octanol–water partition coefficient (Wildman–Crippen LogP) is 0.917. The van der Waals surface area contributed by atoms with Crippen LogP contribution in [0.25, 0.3) is 10.3 Å². The normalized spacial score (nSPS) is 10.7. The number of thiazole rings is 1. The first-order valence-electron chi connectivity index (χ1n) is 6.56. The van der Waals surface area contributed by atoms with Crippen LogP contribution in [0, 0.1) is 3.95 Å². The van der Waals surface area contributed by atoms with Gasteiger partial charge in [-0.15, -0.1) is 0 Å².